The third kappa shape index (κ3) is 4.35. The van der Waals surface area contributed by atoms with E-state index in [-0.39, 0.29) is 18.0 Å². The van der Waals surface area contributed by atoms with Gasteiger partial charge in [-0.15, -0.1) is 11.3 Å². The number of rotatable bonds is 6. The van der Waals surface area contributed by atoms with Crippen LogP contribution in [0.25, 0.3) is 32.9 Å². The minimum atomic E-state index is 0.00896. The maximum Gasteiger partial charge on any atom is 0.146 e. The van der Waals surface area contributed by atoms with Crippen LogP contribution >= 0.6 is 22.9 Å². The topological polar surface area (TPSA) is 99.6 Å². The van der Waals surface area contributed by atoms with Gasteiger partial charge in [-0.05, 0) is 23.8 Å². The zero-order chi connectivity index (χ0) is 22.9. The summed E-state index contributed by atoms with van der Waals surface area (Å²) < 4.78 is 2.62. The molecule has 3 heterocycles. The highest BCUT2D eigenvalue weighted by Gasteiger charge is 2.20. The molecule has 0 fully saturated rings. The molecule has 0 aliphatic heterocycles. The number of anilines is 1. The third-order valence-corrected chi connectivity index (χ3v) is 6.29. The number of fused-ring (bicyclic) bond motifs is 1. The molecule has 0 aliphatic carbocycles. The number of nitrogens with zero attached hydrogens (tertiary/aromatic N) is 5. The number of nitrogen functional groups attached to an aromatic ring is 1. The largest absolute Gasteiger partial charge is 0.382 e. The predicted octanol–water partition coefficient (Wildman–Crippen LogP) is 4.74. The fourth-order valence-corrected chi connectivity index (χ4v) is 4.73. The van der Waals surface area contributed by atoms with Crippen molar-refractivity contribution in [2.24, 2.45) is 7.05 Å². The molecule has 164 valence electrons. The quantitative estimate of drug-likeness (QED) is 0.381. The molecule has 0 saturated heterocycles. The van der Waals surface area contributed by atoms with Crippen molar-refractivity contribution < 1.29 is 4.79 Å². The van der Waals surface area contributed by atoms with Gasteiger partial charge >= 0.3 is 0 Å². The van der Waals surface area contributed by atoms with E-state index < -0.39 is 0 Å². The molecule has 33 heavy (non-hydrogen) atoms. The SMILES string of the molecule is Cn1ccc(-c2nc(N)c(CC(=O)Cc3ccccc3)nc2-c2cc(Cl)c3ncsc3c2)n1. The number of carbonyl (C=O) groups excluding carboxylic acids is 1. The monoisotopic (exact) mass is 474 g/mol. The van der Waals surface area contributed by atoms with Crippen LogP contribution < -0.4 is 5.73 Å². The van der Waals surface area contributed by atoms with Crippen LogP contribution in [0.15, 0.2) is 60.2 Å². The summed E-state index contributed by atoms with van der Waals surface area (Å²) in [7, 11) is 1.83. The Balaban J connectivity index is 1.59. The lowest BCUT2D eigenvalue weighted by molar-refractivity contribution is -0.117. The lowest BCUT2D eigenvalue weighted by atomic mass is 10.0. The fraction of sp³-hybridized carbons (Fsp3) is 0.125. The number of hydrogen-bond donors (Lipinski definition) is 1. The van der Waals surface area contributed by atoms with Crippen LogP contribution in [0.1, 0.15) is 11.3 Å². The molecular formula is C24H19ClN6OS. The van der Waals surface area contributed by atoms with Gasteiger partial charge in [0.05, 0.1) is 38.6 Å². The van der Waals surface area contributed by atoms with E-state index in [1.165, 1.54) is 11.3 Å². The minimum Gasteiger partial charge on any atom is -0.382 e. The van der Waals surface area contributed by atoms with Gasteiger partial charge in [0.25, 0.3) is 0 Å². The summed E-state index contributed by atoms with van der Waals surface area (Å²) in [5, 5.41) is 5.00. The molecule has 9 heteroatoms. The van der Waals surface area contributed by atoms with Gasteiger partial charge in [0.15, 0.2) is 0 Å². The summed E-state index contributed by atoms with van der Waals surface area (Å²) in [5.74, 6) is 0.223. The standard InChI is InChI=1S/C24H19ClN6OS/c1-31-8-7-18(30-31)23-21(15-10-17(25)22-20(11-15)33-13-27-22)28-19(24(26)29-23)12-16(32)9-14-5-3-2-4-6-14/h2-8,10-11,13H,9,12H2,1H3,(H2,26,29). The van der Waals surface area contributed by atoms with Gasteiger partial charge in [0.1, 0.15) is 23.0 Å². The molecule has 0 saturated carbocycles. The fourth-order valence-electron chi connectivity index (χ4n) is 3.67. The Morgan fingerprint density at radius 2 is 1.91 bits per heavy atom. The number of Topliss-reactive ketones (excluding diaryl/α,β-unsaturated/α-hetero) is 1. The molecule has 2 N–H and O–H groups in total. The molecule has 7 nitrogen and oxygen atoms in total. The number of aryl methyl sites for hydroxylation is 1. The number of nitrogens with two attached hydrogens (primary N) is 1. The van der Waals surface area contributed by atoms with Gasteiger partial charge in [0.2, 0.25) is 0 Å². The lowest BCUT2D eigenvalue weighted by Crippen LogP contribution is -2.12. The molecule has 0 atom stereocenters. The van der Waals surface area contributed by atoms with Gasteiger partial charge in [-0.1, -0.05) is 41.9 Å². The van der Waals surface area contributed by atoms with E-state index in [0.717, 1.165) is 21.3 Å². The second-order valence-corrected chi connectivity index (χ2v) is 8.96. The van der Waals surface area contributed by atoms with Crippen molar-refractivity contribution in [3.05, 3.63) is 76.5 Å². The number of benzene rings is 2. The van der Waals surface area contributed by atoms with Crippen molar-refractivity contribution in [2.75, 3.05) is 5.73 Å². The Hall–Kier alpha value is -3.62. The van der Waals surface area contributed by atoms with Crippen LogP contribution in [0.5, 0.6) is 0 Å². The molecule has 5 rings (SSSR count). The van der Waals surface area contributed by atoms with E-state index >= 15 is 0 Å². The Kier molecular flexibility index (Phi) is 5.62. The van der Waals surface area contributed by atoms with E-state index in [0.29, 0.717) is 34.2 Å². The summed E-state index contributed by atoms with van der Waals surface area (Å²) in [4.78, 5) is 26.5. The number of halogens is 1. The molecule has 3 aromatic heterocycles. The average Bonchev–Trinajstić information content (AvgIpc) is 3.45. The van der Waals surface area contributed by atoms with Gasteiger partial charge in [-0.3, -0.25) is 9.48 Å². The van der Waals surface area contributed by atoms with Crippen LogP contribution in [0.4, 0.5) is 5.82 Å². The Labute approximate surface area is 198 Å². The smallest absolute Gasteiger partial charge is 0.146 e. The molecule has 5 aromatic rings. The second kappa shape index (κ2) is 8.73. The van der Waals surface area contributed by atoms with Crippen molar-refractivity contribution in [3.8, 4) is 22.6 Å². The molecule has 0 unspecified atom stereocenters. The number of thiazole rings is 1. The summed E-state index contributed by atoms with van der Waals surface area (Å²) in [6.07, 6.45) is 2.21. The Morgan fingerprint density at radius 1 is 1.09 bits per heavy atom. The van der Waals surface area contributed by atoms with E-state index in [2.05, 4.69) is 15.1 Å². The van der Waals surface area contributed by atoms with Crippen molar-refractivity contribution >= 4 is 44.8 Å². The Morgan fingerprint density at radius 3 is 2.67 bits per heavy atom. The number of aromatic nitrogens is 5. The van der Waals surface area contributed by atoms with Crippen molar-refractivity contribution in [1.82, 2.24) is 24.7 Å². The van der Waals surface area contributed by atoms with E-state index in [9.17, 15) is 4.79 Å². The van der Waals surface area contributed by atoms with E-state index in [1.54, 1.807) is 10.2 Å². The highest BCUT2D eigenvalue weighted by molar-refractivity contribution is 7.16. The van der Waals surface area contributed by atoms with Gasteiger partial charge in [0, 0.05) is 25.2 Å². The first-order chi connectivity index (χ1) is 16.0. The molecule has 0 bridgehead atoms. The highest BCUT2D eigenvalue weighted by atomic mass is 35.5. The van der Waals surface area contributed by atoms with Crippen LogP contribution in [0.3, 0.4) is 0 Å². The maximum absolute atomic E-state index is 12.8. The van der Waals surface area contributed by atoms with Crippen molar-refractivity contribution in [3.63, 3.8) is 0 Å². The summed E-state index contributed by atoms with van der Waals surface area (Å²) in [5.41, 5.74) is 12.6. The first-order valence-corrected chi connectivity index (χ1v) is 11.5. The first-order valence-electron chi connectivity index (χ1n) is 10.2. The molecule has 0 amide bonds. The van der Waals surface area contributed by atoms with E-state index in [1.807, 2.05) is 61.8 Å². The lowest BCUT2D eigenvalue weighted by Gasteiger charge is -2.12. The minimum absolute atomic E-state index is 0.00896. The average molecular weight is 475 g/mol. The highest BCUT2D eigenvalue weighted by Crippen LogP contribution is 2.35. The Bertz CT molecular complexity index is 1480. The van der Waals surface area contributed by atoms with Crippen molar-refractivity contribution in [1.29, 1.82) is 0 Å². The number of carbonyl (C=O) groups is 1. The molecule has 0 spiro atoms. The predicted molar refractivity (Wildman–Crippen MR) is 131 cm³/mol. The van der Waals surface area contributed by atoms with E-state index in [4.69, 9.17) is 22.3 Å². The number of ketones is 1. The maximum atomic E-state index is 12.8. The summed E-state index contributed by atoms with van der Waals surface area (Å²) >= 11 is 7.99. The molecule has 0 aliphatic rings. The zero-order valence-electron chi connectivity index (χ0n) is 17.7. The molecule has 0 radical (unpaired) electrons. The normalized spacial score (nSPS) is 11.2. The second-order valence-electron chi connectivity index (χ2n) is 7.66. The van der Waals surface area contributed by atoms with Gasteiger partial charge in [-0.25, -0.2) is 15.0 Å². The first kappa shape index (κ1) is 21.2. The van der Waals surface area contributed by atoms with Crippen molar-refractivity contribution in [2.45, 2.75) is 12.8 Å². The number of hydrogen-bond acceptors (Lipinski definition) is 7. The third-order valence-electron chi connectivity index (χ3n) is 5.23. The zero-order valence-corrected chi connectivity index (χ0v) is 19.3. The van der Waals surface area contributed by atoms with Crippen LogP contribution in [0, 0.1) is 0 Å². The van der Waals surface area contributed by atoms with Gasteiger partial charge in [-0.2, -0.15) is 5.10 Å². The summed E-state index contributed by atoms with van der Waals surface area (Å²) in [6, 6.07) is 15.2. The molecular weight excluding hydrogens is 456 g/mol. The van der Waals surface area contributed by atoms with Crippen LogP contribution in [-0.2, 0) is 24.7 Å². The summed E-state index contributed by atoms with van der Waals surface area (Å²) in [6.45, 7) is 0. The molecule has 2 aromatic carbocycles. The van der Waals surface area contributed by atoms with Gasteiger partial charge < -0.3 is 5.73 Å². The van der Waals surface area contributed by atoms with Crippen LogP contribution in [-0.4, -0.2) is 30.5 Å². The van der Waals surface area contributed by atoms with Crippen LogP contribution in [0.2, 0.25) is 5.02 Å².